The molecule has 42 heavy (non-hydrogen) atoms. The summed E-state index contributed by atoms with van der Waals surface area (Å²) in [6, 6.07) is 10.7. The van der Waals surface area contributed by atoms with Gasteiger partial charge in [-0.1, -0.05) is 101 Å². The van der Waals surface area contributed by atoms with Crippen LogP contribution in [0.3, 0.4) is 0 Å². The fourth-order valence-electron chi connectivity index (χ4n) is 8.65. The Morgan fingerprint density at radius 1 is 0.405 bits per heavy atom. The van der Waals surface area contributed by atoms with Crippen molar-refractivity contribution in [3.8, 4) is 0 Å². The first kappa shape index (κ1) is 30.5. The van der Waals surface area contributed by atoms with Crippen molar-refractivity contribution in [2.45, 2.75) is 162 Å². The van der Waals surface area contributed by atoms with E-state index in [9.17, 15) is 16.8 Å². The van der Waals surface area contributed by atoms with E-state index in [2.05, 4.69) is 0 Å². The van der Waals surface area contributed by atoms with Crippen LogP contribution in [-0.4, -0.2) is 49.6 Å². The van der Waals surface area contributed by atoms with E-state index in [-0.39, 0.29) is 34.0 Å². The van der Waals surface area contributed by atoms with Crippen molar-refractivity contribution in [2.24, 2.45) is 0 Å². The van der Waals surface area contributed by atoms with Crippen LogP contribution < -0.4 is 0 Å². The molecule has 0 saturated heterocycles. The van der Waals surface area contributed by atoms with Gasteiger partial charge in [0, 0.05) is 34.9 Å². The van der Waals surface area contributed by atoms with E-state index in [1.165, 1.54) is 25.7 Å². The molecule has 6 nitrogen and oxygen atoms in total. The highest BCUT2D eigenvalue weighted by molar-refractivity contribution is 7.90. The third kappa shape index (κ3) is 6.07. The zero-order chi connectivity index (χ0) is 29.2. The lowest BCUT2D eigenvalue weighted by molar-refractivity contribution is 0.169. The topological polar surface area (TPSA) is 74.8 Å². The number of hydrogen-bond donors (Lipinski definition) is 0. The minimum Gasteiger partial charge on any atom is -0.207 e. The molecule has 2 aromatic carbocycles. The normalized spacial score (nSPS) is 23.2. The summed E-state index contributed by atoms with van der Waals surface area (Å²) in [7, 11) is -7.65. The molecule has 6 rings (SSSR count). The molecule has 4 saturated carbocycles. The minimum absolute atomic E-state index is 0.0297. The lowest BCUT2D eigenvalue weighted by atomic mass is 9.91. The van der Waals surface area contributed by atoms with Gasteiger partial charge in [-0.2, -0.15) is 8.61 Å². The van der Waals surface area contributed by atoms with Gasteiger partial charge in [0.1, 0.15) is 0 Å². The van der Waals surface area contributed by atoms with E-state index in [0.717, 1.165) is 103 Å². The van der Waals surface area contributed by atoms with Crippen LogP contribution in [0.15, 0.2) is 46.2 Å². The van der Waals surface area contributed by atoms with Crippen LogP contribution in [0.2, 0.25) is 0 Å². The van der Waals surface area contributed by atoms with E-state index in [1.54, 1.807) is 24.3 Å². The molecular formula is C34H50N2O4S2. The molecule has 0 heterocycles. The minimum atomic E-state index is -3.83. The monoisotopic (exact) mass is 614 g/mol. The molecule has 232 valence electrons. The van der Waals surface area contributed by atoms with Gasteiger partial charge < -0.3 is 0 Å². The standard InChI is InChI=1S/C34H50N2O4S2/c37-41(38,35(27-15-5-1-6-16-27)28-17-7-2-8-18-28)33-25-13-24-32-31(33)23-14-26-34(32)42(39,40)36(29-19-9-3-10-20-29)30-21-11-4-12-22-30/h13-14,23-30H,1-12,15-22H2. The molecule has 0 radical (unpaired) electrons. The van der Waals surface area contributed by atoms with E-state index < -0.39 is 20.0 Å². The Morgan fingerprint density at radius 3 is 0.929 bits per heavy atom. The molecule has 0 amide bonds. The van der Waals surface area contributed by atoms with Gasteiger partial charge in [0.25, 0.3) is 0 Å². The van der Waals surface area contributed by atoms with Gasteiger partial charge in [-0.05, 0) is 63.5 Å². The summed E-state index contributed by atoms with van der Waals surface area (Å²) >= 11 is 0. The second kappa shape index (κ2) is 13.3. The summed E-state index contributed by atoms with van der Waals surface area (Å²) in [6.07, 6.45) is 20.5. The Hall–Kier alpha value is -1.48. The number of benzene rings is 2. The molecule has 4 aliphatic rings. The van der Waals surface area contributed by atoms with Crippen molar-refractivity contribution in [2.75, 3.05) is 0 Å². The van der Waals surface area contributed by atoms with E-state index in [1.807, 2.05) is 20.7 Å². The predicted octanol–water partition coefficient (Wildman–Crippen LogP) is 8.15. The Kier molecular flexibility index (Phi) is 9.64. The van der Waals surface area contributed by atoms with Crippen molar-refractivity contribution in [1.82, 2.24) is 8.61 Å². The summed E-state index contributed by atoms with van der Waals surface area (Å²) in [6.45, 7) is 0. The highest BCUT2D eigenvalue weighted by Crippen LogP contribution is 2.40. The number of sulfonamides is 2. The van der Waals surface area contributed by atoms with Crippen molar-refractivity contribution in [1.29, 1.82) is 0 Å². The largest absolute Gasteiger partial charge is 0.244 e. The third-order valence-corrected chi connectivity index (χ3v) is 14.8. The zero-order valence-electron chi connectivity index (χ0n) is 25.3. The van der Waals surface area contributed by atoms with Gasteiger partial charge in [-0.15, -0.1) is 0 Å². The van der Waals surface area contributed by atoms with Crippen LogP contribution in [0.25, 0.3) is 10.8 Å². The maximum absolute atomic E-state index is 14.7. The van der Waals surface area contributed by atoms with E-state index in [0.29, 0.717) is 10.8 Å². The molecule has 0 aromatic heterocycles. The zero-order valence-corrected chi connectivity index (χ0v) is 26.9. The average molecular weight is 615 g/mol. The summed E-state index contributed by atoms with van der Waals surface area (Å²) in [5.74, 6) is 0. The molecule has 0 atom stereocenters. The number of nitrogens with zero attached hydrogens (tertiary/aromatic N) is 2. The molecule has 0 aliphatic heterocycles. The van der Waals surface area contributed by atoms with Crippen LogP contribution in [-0.2, 0) is 20.0 Å². The second-order valence-electron chi connectivity index (χ2n) is 13.4. The summed E-state index contributed by atoms with van der Waals surface area (Å²) in [5.41, 5.74) is 0. The van der Waals surface area contributed by atoms with Crippen LogP contribution in [0.4, 0.5) is 0 Å². The van der Waals surface area contributed by atoms with Crippen molar-refractivity contribution in [3.05, 3.63) is 36.4 Å². The maximum Gasteiger partial charge on any atom is 0.244 e. The van der Waals surface area contributed by atoms with Gasteiger partial charge in [-0.3, -0.25) is 0 Å². The van der Waals surface area contributed by atoms with Gasteiger partial charge in [0.05, 0.1) is 9.79 Å². The quantitative estimate of drug-likeness (QED) is 0.301. The molecule has 0 N–H and O–H groups in total. The Balaban J connectivity index is 1.44. The average Bonchev–Trinajstić information content (AvgIpc) is 3.02. The van der Waals surface area contributed by atoms with Crippen molar-refractivity contribution in [3.63, 3.8) is 0 Å². The van der Waals surface area contributed by atoms with Crippen LogP contribution >= 0.6 is 0 Å². The Bertz CT molecular complexity index is 1270. The SMILES string of the molecule is O=S(=O)(c1cccc2c(S(=O)(=O)N(C3CCCCC3)C3CCCCC3)cccc12)N(C1CCCCC1)C1CCCCC1. The number of fused-ring (bicyclic) bond motifs is 1. The Labute approximate surface area is 254 Å². The van der Waals surface area contributed by atoms with Crippen molar-refractivity contribution >= 4 is 30.8 Å². The van der Waals surface area contributed by atoms with E-state index in [4.69, 9.17) is 0 Å². The third-order valence-electron chi connectivity index (χ3n) is 10.7. The summed E-state index contributed by atoms with van der Waals surface area (Å²) in [4.78, 5) is 0.546. The first-order valence-corrected chi connectivity index (χ1v) is 19.9. The fraction of sp³-hybridized carbons (Fsp3) is 0.706. The lowest BCUT2D eigenvalue weighted by Crippen LogP contribution is -2.49. The van der Waals surface area contributed by atoms with Gasteiger partial charge >= 0.3 is 0 Å². The van der Waals surface area contributed by atoms with Gasteiger partial charge in [0.2, 0.25) is 20.0 Å². The number of hydrogen-bond acceptors (Lipinski definition) is 4. The smallest absolute Gasteiger partial charge is 0.207 e. The first-order valence-electron chi connectivity index (χ1n) is 17.0. The highest BCUT2D eigenvalue weighted by Gasteiger charge is 2.41. The molecule has 0 spiro atoms. The predicted molar refractivity (Wildman–Crippen MR) is 169 cm³/mol. The lowest BCUT2D eigenvalue weighted by Gasteiger charge is -2.41. The second-order valence-corrected chi connectivity index (χ2v) is 17.1. The van der Waals surface area contributed by atoms with E-state index >= 15 is 0 Å². The molecule has 4 aliphatic carbocycles. The fourth-order valence-corrected chi connectivity index (χ4v) is 12.9. The molecule has 4 fully saturated rings. The highest BCUT2D eigenvalue weighted by atomic mass is 32.2. The van der Waals surface area contributed by atoms with Crippen molar-refractivity contribution < 1.29 is 16.8 Å². The summed E-state index contributed by atoms with van der Waals surface area (Å²) < 4.78 is 62.6. The molecule has 0 unspecified atom stereocenters. The first-order chi connectivity index (χ1) is 20.4. The van der Waals surface area contributed by atoms with Gasteiger partial charge in [0.15, 0.2) is 0 Å². The number of rotatable bonds is 8. The Morgan fingerprint density at radius 2 is 0.667 bits per heavy atom. The van der Waals surface area contributed by atoms with Crippen LogP contribution in [0, 0.1) is 0 Å². The molecule has 2 aromatic rings. The van der Waals surface area contributed by atoms with Gasteiger partial charge in [-0.25, -0.2) is 16.8 Å². The molecule has 0 bridgehead atoms. The van der Waals surface area contributed by atoms with Crippen LogP contribution in [0.5, 0.6) is 0 Å². The molecular weight excluding hydrogens is 565 g/mol. The molecule has 8 heteroatoms. The van der Waals surface area contributed by atoms with Crippen LogP contribution in [0.1, 0.15) is 128 Å². The summed E-state index contributed by atoms with van der Waals surface area (Å²) in [5, 5.41) is 1.09. The maximum atomic E-state index is 14.7.